The SMILES string of the molecule is CCOC(=O)CCCC(=O)CNC(=O)c1csc(NC(=O)NCc2ccccn2)n1. The number of nitrogens with one attached hydrogen (secondary N) is 3. The first-order valence-electron chi connectivity index (χ1n) is 9.33. The number of nitrogens with zero attached hydrogens (tertiary/aromatic N) is 2. The summed E-state index contributed by atoms with van der Waals surface area (Å²) in [4.78, 5) is 55.2. The standard InChI is InChI=1S/C19H23N5O5S/c1-2-29-16(26)8-5-7-14(25)11-21-17(27)15-12-30-19(23-15)24-18(28)22-10-13-6-3-4-9-20-13/h3-4,6,9,12H,2,5,7-8,10-11H2,1H3,(H,21,27)(H2,22,23,24,28). The minimum atomic E-state index is -0.521. The van der Waals surface area contributed by atoms with Gasteiger partial charge in [0.05, 0.1) is 25.4 Å². The highest BCUT2D eigenvalue weighted by Crippen LogP contribution is 2.15. The van der Waals surface area contributed by atoms with Gasteiger partial charge in [-0.2, -0.15) is 0 Å². The van der Waals surface area contributed by atoms with Gasteiger partial charge in [-0.1, -0.05) is 6.07 Å². The minimum Gasteiger partial charge on any atom is -0.466 e. The number of carbonyl (C=O) groups excluding carboxylic acids is 4. The Hall–Kier alpha value is -3.34. The maximum Gasteiger partial charge on any atom is 0.321 e. The fourth-order valence-electron chi connectivity index (χ4n) is 2.27. The molecule has 2 heterocycles. The first kappa shape index (κ1) is 22.9. The molecule has 0 bridgehead atoms. The molecular weight excluding hydrogens is 410 g/mol. The Morgan fingerprint density at radius 3 is 2.70 bits per heavy atom. The van der Waals surface area contributed by atoms with E-state index in [2.05, 4.69) is 25.9 Å². The number of aromatic nitrogens is 2. The molecule has 0 saturated carbocycles. The molecule has 30 heavy (non-hydrogen) atoms. The van der Waals surface area contributed by atoms with Gasteiger partial charge in [0.1, 0.15) is 5.69 Å². The first-order valence-corrected chi connectivity index (χ1v) is 10.2. The summed E-state index contributed by atoms with van der Waals surface area (Å²) in [5.41, 5.74) is 0.804. The van der Waals surface area contributed by atoms with Gasteiger partial charge >= 0.3 is 12.0 Å². The van der Waals surface area contributed by atoms with Crippen LogP contribution in [0.4, 0.5) is 9.93 Å². The summed E-state index contributed by atoms with van der Waals surface area (Å²) in [6.07, 6.45) is 2.33. The molecule has 0 aliphatic carbocycles. The zero-order valence-corrected chi connectivity index (χ0v) is 17.3. The number of hydrogen-bond acceptors (Lipinski definition) is 8. The fraction of sp³-hybridized carbons (Fsp3) is 0.368. The van der Waals surface area contributed by atoms with E-state index in [1.807, 2.05) is 6.07 Å². The lowest BCUT2D eigenvalue weighted by molar-refractivity contribution is -0.143. The van der Waals surface area contributed by atoms with Gasteiger partial charge in [-0.15, -0.1) is 11.3 Å². The lowest BCUT2D eigenvalue weighted by Gasteiger charge is -2.05. The molecule has 2 aromatic heterocycles. The number of carbonyl (C=O) groups is 4. The van der Waals surface area contributed by atoms with Gasteiger partial charge in [-0.3, -0.25) is 24.7 Å². The third-order valence-electron chi connectivity index (χ3n) is 3.70. The van der Waals surface area contributed by atoms with Crippen molar-refractivity contribution in [1.82, 2.24) is 20.6 Å². The number of rotatable bonds is 11. The Morgan fingerprint density at radius 2 is 1.97 bits per heavy atom. The average molecular weight is 433 g/mol. The van der Waals surface area contributed by atoms with Gasteiger partial charge in [-0.25, -0.2) is 9.78 Å². The Balaban J connectivity index is 1.69. The van der Waals surface area contributed by atoms with Crippen LogP contribution in [0.2, 0.25) is 0 Å². The highest BCUT2D eigenvalue weighted by Gasteiger charge is 2.14. The first-order chi connectivity index (χ1) is 14.5. The molecule has 3 amide bonds. The molecule has 0 fully saturated rings. The van der Waals surface area contributed by atoms with E-state index in [-0.39, 0.29) is 48.5 Å². The number of anilines is 1. The molecule has 0 radical (unpaired) electrons. The molecule has 0 spiro atoms. The van der Waals surface area contributed by atoms with Gasteiger partial charge in [-0.05, 0) is 25.5 Å². The number of urea groups is 1. The van der Waals surface area contributed by atoms with Crippen LogP contribution < -0.4 is 16.0 Å². The highest BCUT2D eigenvalue weighted by molar-refractivity contribution is 7.14. The van der Waals surface area contributed by atoms with E-state index >= 15 is 0 Å². The van der Waals surface area contributed by atoms with Crippen LogP contribution in [0.1, 0.15) is 42.4 Å². The topological polar surface area (TPSA) is 139 Å². The number of ether oxygens (including phenoxy) is 1. The quantitative estimate of drug-likeness (QED) is 0.460. The normalized spacial score (nSPS) is 10.2. The van der Waals surface area contributed by atoms with Crippen molar-refractivity contribution in [3.05, 3.63) is 41.2 Å². The number of amides is 3. The lowest BCUT2D eigenvalue weighted by Crippen LogP contribution is -2.30. The summed E-state index contributed by atoms with van der Waals surface area (Å²) < 4.78 is 4.78. The van der Waals surface area contributed by atoms with Gasteiger partial charge in [0, 0.05) is 24.4 Å². The maximum atomic E-state index is 12.1. The molecule has 0 aliphatic heterocycles. The average Bonchev–Trinajstić information content (AvgIpc) is 3.20. The molecule has 0 atom stereocenters. The lowest BCUT2D eigenvalue weighted by atomic mass is 10.2. The molecular formula is C19H23N5O5S. The van der Waals surface area contributed by atoms with Crippen molar-refractivity contribution >= 4 is 40.2 Å². The van der Waals surface area contributed by atoms with Gasteiger partial charge in [0.15, 0.2) is 10.9 Å². The fourth-order valence-corrected chi connectivity index (χ4v) is 2.96. The van der Waals surface area contributed by atoms with E-state index in [1.54, 1.807) is 25.3 Å². The van der Waals surface area contributed by atoms with Crippen molar-refractivity contribution in [2.24, 2.45) is 0 Å². The molecule has 11 heteroatoms. The molecule has 0 saturated heterocycles. The molecule has 2 rings (SSSR count). The van der Waals surface area contributed by atoms with Crippen LogP contribution in [0.5, 0.6) is 0 Å². The van der Waals surface area contributed by atoms with Crippen molar-refractivity contribution in [1.29, 1.82) is 0 Å². The summed E-state index contributed by atoms with van der Waals surface area (Å²) in [6.45, 7) is 2.11. The van der Waals surface area contributed by atoms with Gasteiger partial charge < -0.3 is 15.4 Å². The molecule has 3 N–H and O–H groups in total. The zero-order valence-electron chi connectivity index (χ0n) is 16.5. The summed E-state index contributed by atoms with van der Waals surface area (Å²) in [7, 11) is 0. The van der Waals surface area contributed by atoms with E-state index in [0.717, 1.165) is 11.3 Å². The predicted molar refractivity (Wildman–Crippen MR) is 110 cm³/mol. The summed E-state index contributed by atoms with van der Waals surface area (Å²) in [5.74, 6) is -1.07. The zero-order chi connectivity index (χ0) is 21.8. The van der Waals surface area contributed by atoms with Crippen LogP contribution in [0.3, 0.4) is 0 Å². The van der Waals surface area contributed by atoms with Crippen LogP contribution in [-0.4, -0.2) is 46.8 Å². The predicted octanol–water partition coefficient (Wildman–Crippen LogP) is 1.89. The number of Topliss-reactive ketones (excluding diaryl/α,β-unsaturated/α-hetero) is 1. The monoisotopic (exact) mass is 433 g/mol. The van der Waals surface area contributed by atoms with Crippen molar-refractivity contribution in [3.63, 3.8) is 0 Å². The number of pyridine rings is 1. The van der Waals surface area contributed by atoms with E-state index in [1.165, 1.54) is 5.38 Å². The largest absolute Gasteiger partial charge is 0.466 e. The summed E-state index contributed by atoms with van der Waals surface area (Å²) >= 11 is 1.09. The highest BCUT2D eigenvalue weighted by atomic mass is 32.1. The molecule has 10 nitrogen and oxygen atoms in total. The third kappa shape index (κ3) is 8.35. The Morgan fingerprint density at radius 1 is 1.13 bits per heavy atom. The molecule has 0 aromatic carbocycles. The second-order valence-electron chi connectivity index (χ2n) is 6.05. The second kappa shape index (κ2) is 12.3. The van der Waals surface area contributed by atoms with Gasteiger partial charge in [0.2, 0.25) is 0 Å². The molecule has 0 unspecified atom stereocenters. The Kier molecular flexibility index (Phi) is 9.38. The van der Waals surface area contributed by atoms with E-state index in [4.69, 9.17) is 4.74 Å². The Labute approximate surface area is 177 Å². The van der Waals surface area contributed by atoms with Crippen LogP contribution in [0.25, 0.3) is 0 Å². The summed E-state index contributed by atoms with van der Waals surface area (Å²) in [5, 5.41) is 9.39. The van der Waals surface area contributed by atoms with Crippen molar-refractivity contribution in [2.45, 2.75) is 32.7 Å². The van der Waals surface area contributed by atoms with Crippen LogP contribution in [0.15, 0.2) is 29.8 Å². The van der Waals surface area contributed by atoms with E-state index < -0.39 is 11.9 Å². The Bertz CT molecular complexity index is 871. The van der Waals surface area contributed by atoms with Crippen molar-refractivity contribution in [3.8, 4) is 0 Å². The molecule has 0 aliphatic rings. The number of esters is 1. The molecule has 2 aromatic rings. The van der Waals surface area contributed by atoms with Gasteiger partial charge in [0.25, 0.3) is 5.91 Å². The van der Waals surface area contributed by atoms with Crippen LogP contribution >= 0.6 is 11.3 Å². The smallest absolute Gasteiger partial charge is 0.321 e. The van der Waals surface area contributed by atoms with Crippen molar-refractivity contribution < 1.29 is 23.9 Å². The van der Waals surface area contributed by atoms with Crippen LogP contribution in [-0.2, 0) is 20.9 Å². The maximum absolute atomic E-state index is 12.1. The molecule has 160 valence electrons. The number of hydrogen-bond donors (Lipinski definition) is 3. The van der Waals surface area contributed by atoms with E-state index in [0.29, 0.717) is 18.7 Å². The minimum absolute atomic E-state index is 0.0966. The number of ketones is 1. The number of thiazole rings is 1. The van der Waals surface area contributed by atoms with Crippen molar-refractivity contribution in [2.75, 3.05) is 18.5 Å². The second-order valence-corrected chi connectivity index (χ2v) is 6.90. The van der Waals surface area contributed by atoms with E-state index in [9.17, 15) is 19.2 Å². The third-order valence-corrected chi connectivity index (χ3v) is 4.46. The summed E-state index contributed by atoms with van der Waals surface area (Å²) in [6, 6.07) is 4.91. The van der Waals surface area contributed by atoms with Crippen LogP contribution in [0, 0.1) is 0 Å².